The number of unbranched alkanes of at least 4 members (excludes halogenated alkanes) is 3. The Labute approximate surface area is 499 Å². The minimum absolute atomic E-state index is 0.124. The maximum Gasteiger partial charge on any atom is 0.306 e. The molecule has 0 spiro atoms. The van der Waals surface area contributed by atoms with E-state index in [0.717, 1.165) is 44.5 Å². The minimum atomic E-state index is -0.444. The van der Waals surface area contributed by atoms with Gasteiger partial charge in [-0.1, -0.05) is 108 Å². The van der Waals surface area contributed by atoms with E-state index in [2.05, 4.69) is 21.3 Å². The van der Waals surface area contributed by atoms with Crippen molar-refractivity contribution in [3.63, 3.8) is 0 Å². The van der Waals surface area contributed by atoms with Gasteiger partial charge in [0.15, 0.2) is 0 Å². The highest BCUT2D eigenvalue weighted by Crippen LogP contribution is 2.30. The van der Waals surface area contributed by atoms with E-state index in [1.54, 1.807) is 58.3 Å². The molecule has 2 aliphatic rings. The highest BCUT2D eigenvalue weighted by atomic mass is 35.5. The van der Waals surface area contributed by atoms with Gasteiger partial charge in [-0.25, -0.2) is 0 Å². The second-order valence-corrected chi connectivity index (χ2v) is 21.9. The number of carbonyl (C=O) groups is 8. The third kappa shape index (κ3) is 18.6. The molecule has 0 radical (unpaired) electrons. The van der Waals surface area contributed by atoms with Crippen LogP contribution >= 0.6 is 23.2 Å². The lowest BCUT2D eigenvalue weighted by Crippen LogP contribution is -2.31. The molecule has 2 aliphatic heterocycles. The lowest BCUT2D eigenvalue weighted by atomic mass is 9.98. The van der Waals surface area contributed by atoms with Crippen molar-refractivity contribution in [1.29, 1.82) is 0 Å². The number of fused-ring (bicyclic) bond motifs is 2. The molecule has 0 saturated carbocycles. The summed E-state index contributed by atoms with van der Waals surface area (Å²) in [7, 11) is 0. The number of esters is 2. The van der Waals surface area contributed by atoms with Crippen LogP contribution in [0.1, 0.15) is 150 Å². The van der Waals surface area contributed by atoms with E-state index in [0.29, 0.717) is 74.5 Å². The second kappa shape index (κ2) is 31.4. The van der Waals surface area contributed by atoms with Crippen molar-refractivity contribution in [3.05, 3.63) is 210 Å². The van der Waals surface area contributed by atoms with Gasteiger partial charge in [0.2, 0.25) is 11.8 Å². The predicted molar refractivity (Wildman–Crippen MR) is 320 cm³/mol. The second-order valence-electron chi connectivity index (χ2n) is 21.0. The van der Waals surface area contributed by atoms with E-state index >= 15 is 0 Å². The zero-order valence-electron chi connectivity index (χ0n) is 47.0. The molecular weight excluding hydrogens is 1110 g/mol. The number of nitrogens with zero attached hydrogens (tertiary/aromatic N) is 2. The monoisotopic (exact) mass is 1180 g/mol. The predicted octanol–water partition coefficient (Wildman–Crippen LogP) is 10.2. The Morgan fingerprint density at radius 1 is 0.369 bits per heavy atom. The third-order valence-electron chi connectivity index (χ3n) is 14.7. The van der Waals surface area contributed by atoms with Crippen LogP contribution in [0.4, 0.5) is 0 Å². The minimum Gasteiger partial charge on any atom is -0.461 e. The average Bonchev–Trinajstić information content (AvgIpc) is 2.24. The highest BCUT2D eigenvalue weighted by molar-refractivity contribution is 6.30. The van der Waals surface area contributed by atoms with E-state index in [9.17, 15) is 38.4 Å². The molecular formula is C66H70Cl2N6O10. The molecule has 0 atom stereocenters. The van der Waals surface area contributed by atoms with Crippen molar-refractivity contribution in [2.24, 2.45) is 0 Å². The number of rotatable bonds is 29. The Morgan fingerprint density at radius 2 is 0.679 bits per heavy atom. The van der Waals surface area contributed by atoms with Crippen LogP contribution in [0, 0.1) is 0 Å². The van der Waals surface area contributed by atoms with Crippen molar-refractivity contribution in [2.45, 2.75) is 116 Å². The van der Waals surface area contributed by atoms with Gasteiger partial charge in [0.25, 0.3) is 23.6 Å². The highest BCUT2D eigenvalue weighted by Gasteiger charge is 2.30. The lowest BCUT2D eigenvalue weighted by molar-refractivity contribution is -0.146. The Kier molecular flexibility index (Phi) is 23.0. The molecule has 6 amide bonds. The zero-order valence-corrected chi connectivity index (χ0v) is 48.5. The van der Waals surface area contributed by atoms with E-state index in [1.165, 1.54) is 0 Å². The summed E-state index contributed by atoms with van der Waals surface area (Å²) in [6, 6.07) is 40.2. The summed E-state index contributed by atoms with van der Waals surface area (Å²) in [5.41, 5.74) is 7.52. The van der Waals surface area contributed by atoms with Gasteiger partial charge >= 0.3 is 11.9 Å². The lowest BCUT2D eigenvalue weighted by Gasteiger charge is -2.16. The fraction of sp³-hybridized carbons (Fsp3) is 0.333. The summed E-state index contributed by atoms with van der Waals surface area (Å²) >= 11 is 12.1. The Morgan fingerprint density at radius 3 is 1.01 bits per heavy atom. The molecule has 0 fully saturated rings. The van der Waals surface area contributed by atoms with Crippen LogP contribution in [0.2, 0.25) is 10.0 Å². The van der Waals surface area contributed by atoms with Crippen LogP contribution in [0.15, 0.2) is 133 Å². The maximum atomic E-state index is 13.8. The van der Waals surface area contributed by atoms with Gasteiger partial charge in [-0.05, 0) is 144 Å². The molecule has 438 valence electrons. The molecule has 0 saturated heterocycles. The van der Waals surface area contributed by atoms with Crippen molar-refractivity contribution >= 4 is 70.6 Å². The van der Waals surface area contributed by atoms with Crippen molar-refractivity contribution in [1.82, 2.24) is 31.1 Å². The molecule has 84 heavy (non-hydrogen) atoms. The van der Waals surface area contributed by atoms with Gasteiger partial charge in [-0.15, -0.1) is 0 Å². The van der Waals surface area contributed by atoms with Gasteiger partial charge in [0, 0.05) is 88.1 Å². The molecule has 18 heteroatoms. The van der Waals surface area contributed by atoms with Crippen LogP contribution in [0.25, 0.3) is 0 Å². The van der Waals surface area contributed by atoms with Gasteiger partial charge < -0.3 is 40.5 Å². The summed E-state index contributed by atoms with van der Waals surface area (Å²) in [5, 5.41) is 12.9. The first-order valence-corrected chi connectivity index (χ1v) is 29.4. The summed E-state index contributed by atoms with van der Waals surface area (Å²) in [4.78, 5) is 111. The molecule has 8 rings (SSSR count). The smallest absolute Gasteiger partial charge is 0.306 e. The number of nitrogens with one attached hydrogen (secondary N) is 4. The Hall–Kier alpha value is -8.34. The van der Waals surface area contributed by atoms with E-state index < -0.39 is 23.6 Å². The molecule has 0 aliphatic carbocycles. The molecule has 4 N–H and O–H groups in total. The Balaban J connectivity index is 0.821. The normalized spacial score (nSPS) is 12.2. The number of carbonyl (C=O) groups excluding carboxylic acids is 8. The topological polar surface area (TPSA) is 210 Å². The fourth-order valence-electron chi connectivity index (χ4n) is 10.0. The first kappa shape index (κ1) is 61.7. The van der Waals surface area contributed by atoms with Crippen LogP contribution in [0.3, 0.4) is 0 Å². The van der Waals surface area contributed by atoms with E-state index in [4.69, 9.17) is 32.7 Å². The molecule has 16 nitrogen and oxygen atoms in total. The summed E-state index contributed by atoms with van der Waals surface area (Å²) in [5.74, 6) is -2.64. The largest absolute Gasteiger partial charge is 0.461 e. The van der Waals surface area contributed by atoms with E-state index in [-0.39, 0.29) is 124 Å². The summed E-state index contributed by atoms with van der Waals surface area (Å²) in [6.07, 6.45) is 4.72. The van der Waals surface area contributed by atoms with Crippen molar-refractivity contribution in [2.75, 3.05) is 26.2 Å². The van der Waals surface area contributed by atoms with Crippen LogP contribution in [0.5, 0.6) is 0 Å². The van der Waals surface area contributed by atoms with Crippen molar-refractivity contribution in [3.8, 4) is 0 Å². The third-order valence-corrected chi connectivity index (χ3v) is 15.2. The number of ether oxygens (including phenoxy) is 2. The zero-order chi connectivity index (χ0) is 59.2. The molecule has 0 aromatic heterocycles. The van der Waals surface area contributed by atoms with Gasteiger partial charge in [-0.3, -0.25) is 38.4 Å². The van der Waals surface area contributed by atoms with Crippen LogP contribution in [-0.2, 0) is 80.9 Å². The SMILES string of the molecule is O=C(CCCCNC(=O)c1cc2c(cc1C(=O)NCCc1ccc(Cl)cc1)CN(C(=O)CCCCC(=O)N1Cc3cc(C(=O)NCCCCC(=O)OCc4ccccc4)c(C(=O)NCCc4ccc(Cl)cc4)cc3C1)C2)OCc1ccccc1. The standard InChI is InChI=1S/C66H70Cl2N6O10/c67-53-25-21-45(22-26-53)29-33-71-65(81)57-37-51-41-73(39-49(51)35-55(57)63(79)69-31-11-9-19-61(77)83-43-47-13-3-1-4-14-47)59(75)17-7-8-18-60(76)74-40-50-36-56(64(80)70-32-12-10-20-62(78)84-44-48-15-5-2-6-16-48)58(38-52(50)42-74)66(82)72-34-30-46-23-27-54(68)28-24-46/h1-6,13-16,21-28,35-38H,7-12,17-20,29-34,39-44H2,(H,69,79)(H,70,80)(H,71,81)(H,72,82). The summed E-state index contributed by atoms with van der Waals surface area (Å²) < 4.78 is 10.8. The molecule has 6 aromatic carbocycles. The van der Waals surface area contributed by atoms with Gasteiger partial charge in [-0.2, -0.15) is 0 Å². The molecule has 2 heterocycles. The number of hydrogen-bond donors (Lipinski definition) is 4. The molecule has 6 aromatic rings. The molecule has 0 unspecified atom stereocenters. The quantitative estimate of drug-likeness (QED) is 0.0258. The van der Waals surface area contributed by atoms with Crippen LogP contribution < -0.4 is 21.3 Å². The average molecular weight is 1180 g/mol. The number of amides is 6. The number of benzene rings is 6. The van der Waals surface area contributed by atoms with Gasteiger partial charge in [0.05, 0.1) is 22.3 Å². The maximum absolute atomic E-state index is 13.8. The van der Waals surface area contributed by atoms with Crippen molar-refractivity contribution < 1.29 is 47.8 Å². The fourth-order valence-corrected chi connectivity index (χ4v) is 10.3. The molecule has 0 bridgehead atoms. The number of halogens is 2. The first-order valence-electron chi connectivity index (χ1n) is 28.6. The van der Waals surface area contributed by atoms with E-state index in [1.807, 2.05) is 84.9 Å². The first-order chi connectivity index (χ1) is 40.8. The van der Waals surface area contributed by atoms with Crippen LogP contribution in [-0.4, -0.2) is 83.4 Å². The Bertz CT molecular complexity index is 3070. The summed E-state index contributed by atoms with van der Waals surface area (Å²) in [6.45, 7) is 2.53. The van der Waals surface area contributed by atoms with Gasteiger partial charge in [0.1, 0.15) is 13.2 Å². The number of hydrogen-bond acceptors (Lipinski definition) is 10.